The van der Waals surface area contributed by atoms with Gasteiger partial charge in [-0.25, -0.2) is 13.9 Å². The van der Waals surface area contributed by atoms with Gasteiger partial charge >= 0.3 is 0 Å². The highest BCUT2D eigenvalue weighted by Crippen LogP contribution is 2.22. The van der Waals surface area contributed by atoms with E-state index in [2.05, 4.69) is 5.32 Å². The van der Waals surface area contributed by atoms with Crippen LogP contribution in [0, 0.1) is 0 Å². The molecule has 3 aromatic rings. The van der Waals surface area contributed by atoms with Crippen molar-refractivity contribution in [3.8, 4) is 5.75 Å². The SMILES string of the molecule is O=C(Nc1ccc(S(=O)(=O)CC(O)(COc2ccccc2)C(=O)NO)cc1)c1ccc(Cl)cc1. The third kappa shape index (κ3) is 6.33. The number of hydrogen-bond donors (Lipinski definition) is 4. The number of hydroxylamine groups is 1. The highest BCUT2D eigenvalue weighted by Gasteiger charge is 2.42. The lowest BCUT2D eigenvalue weighted by molar-refractivity contribution is -0.149. The number of anilines is 1. The van der Waals surface area contributed by atoms with Crippen LogP contribution in [0.25, 0.3) is 0 Å². The van der Waals surface area contributed by atoms with Crippen LogP contribution in [0.3, 0.4) is 0 Å². The molecule has 0 aromatic heterocycles. The van der Waals surface area contributed by atoms with Crippen molar-refractivity contribution in [2.24, 2.45) is 0 Å². The highest BCUT2D eigenvalue weighted by atomic mass is 35.5. The van der Waals surface area contributed by atoms with Crippen molar-refractivity contribution in [1.82, 2.24) is 5.48 Å². The molecule has 9 nitrogen and oxygen atoms in total. The van der Waals surface area contributed by atoms with Crippen LogP contribution in [0.1, 0.15) is 10.4 Å². The normalized spacial score (nSPS) is 12.9. The molecule has 0 fully saturated rings. The molecule has 0 bridgehead atoms. The van der Waals surface area contributed by atoms with E-state index in [0.717, 1.165) is 0 Å². The zero-order chi connectivity index (χ0) is 24.8. The van der Waals surface area contributed by atoms with Crippen molar-refractivity contribution in [1.29, 1.82) is 0 Å². The number of hydrogen-bond acceptors (Lipinski definition) is 7. The summed E-state index contributed by atoms with van der Waals surface area (Å²) in [6.07, 6.45) is 0. The molecule has 0 radical (unpaired) electrons. The van der Waals surface area contributed by atoms with Gasteiger partial charge in [-0.1, -0.05) is 29.8 Å². The number of ether oxygens (including phenoxy) is 1. The fraction of sp³-hybridized carbons (Fsp3) is 0.130. The molecular weight excluding hydrogens is 484 g/mol. The monoisotopic (exact) mass is 504 g/mol. The molecule has 3 rings (SSSR count). The Morgan fingerprint density at radius 2 is 1.56 bits per heavy atom. The minimum Gasteiger partial charge on any atom is -0.490 e. The minimum atomic E-state index is -4.21. The number of amides is 2. The highest BCUT2D eigenvalue weighted by molar-refractivity contribution is 7.91. The van der Waals surface area contributed by atoms with Crippen LogP contribution >= 0.6 is 11.6 Å². The fourth-order valence-corrected chi connectivity index (χ4v) is 4.63. The lowest BCUT2D eigenvalue weighted by Gasteiger charge is -2.25. The predicted molar refractivity (Wildman–Crippen MR) is 125 cm³/mol. The Hall–Kier alpha value is -3.44. The Morgan fingerprint density at radius 1 is 0.941 bits per heavy atom. The number of rotatable bonds is 9. The van der Waals surface area contributed by atoms with Crippen molar-refractivity contribution in [2.45, 2.75) is 10.5 Å². The number of para-hydroxylation sites is 1. The molecule has 1 atom stereocenters. The van der Waals surface area contributed by atoms with Crippen molar-refractivity contribution in [3.05, 3.63) is 89.4 Å². The second-order valence-electron chi connectivity index (χ2n) is 7.32. The van der Waals surface area contributed by atoms with Gasteiger partial charge in [0.15, 0.2) is 15.4 Å². The lowest BCUT2D eigenvalue weighted by atomic mass is 10.1. The molecule has 34 heavy (non-hydrogen) atoms. The summed E-state index contributed by atoms with van der Waals surface area (Å²) in [5.41, 5.74) is -0.613. The van der Waals surface area contributed by atoms with E-state index in [9.17, 15) is 23.1 Å². The van der Waals surface area contributed by atoms with Crippen molar-refractivity contribution in [3.63, 3.8) is 0 Å². The van der Waals surface area contributed by atoms with E-state index in [-0.39, 0.29) is 4.90 Å². The number of sulfone groups is 1. The smallest absolute Gasteiger partial charge is 0.279 e. The molecule has 1 unspecified atom stereocenters. The molecule has 0 saturated heterocycles. The zero-order valence-electron chi connectivity index (χ0n) is 17.6. The van der Waals surface area contributed by atoms with E-state index in [1.54, 1.807) is 54.6 Å². The van der Waals surface area contributed by atoms with Gasteiger partial charge in [0.1, 0.15) is 12.4 Å². The molecule has 3 aromatic carbocycles. The van der Waals surface area contributed by atoms with Gasteiger partial charge in [0.05, 0.1) is 10.6 Å². The van der Waals surface area contributed by atoms with Crippen molar-refractivity contribution < 1.29 is 33.1 Å². The van der Waals surface area contributed by atoms with Gasteiger partial charge in [0.25, 0.3) is 11.8 Å². The zero-order valence-corrected chi connectivity index (χ0v) is 19.2. The molecular formula is C23H21ClN2O7S. The molecule has 0 spiro atoms. The third-order valence-electron chi connectivity index (χ3n) is 4.75. The van der Waals surface area contributed by atoms with Gasteiger partial charge in [-0.05, 0) is 60.7 Å². The van der Waals surface area contributed by atoms with Gasteiger partial charge in [0, 0.05) is 16.3 Å². The second kappa shape index (κ2) is 10.7. The number of halogens is 1. The Bertz CT molecular complexity index is 1250. The summed E-state index contributed by atoms with van der Waals surface area (Å²) in [4.78, 5) is 24.2. The summed E-state index contributed by atoms with van der Waals surface area (Å²) in [5, 5.41) is 22.8. The maximum absolute atomic E-state index is 12.9. The molecule has 178 valence electrons. The van der Waals surface area contributed by atoms with E-state index in [1.165, 1.54) is 29.7 Å². The Morgan fingerprint density at radius 3 is 2.15 bits per heavy atom. The second-order valence-corrected chi connectivity index (χ2v) is 9.74. The van der Waals surface area contributed by atoms with Crippen LogP contribution < -0.4 is 15.5 Å². The topological polar surface area (TPSA) is 142 Å². The van der Waals surface area contributed by atoms with Gasteiger partial charge in [0.2, 0.25) is 0 Å². The third-order valence-corrected chi connectivity index (χ3v) is 6.85. The van der Waals surface area contributed by atoms with Crippen molar-refractivity contribution in [2.75, 3.05) is 17.7 Å². The molecule has 0 heterocycles. The number of nitrogens with one attached hydrogen (secondary N) is 2. The first-order valence-corrected chi connectivity index (χ1v) is 11.9. The first kappa shape index (κ1) is 25.2. The molecule has 0 aliphatic carbocycles. The summed E-state index contributed by atoms with van der Waals surface area (Å²) in [5.74, 6) is -2.52. The van der Waals surface area contributed by atoms with Crippen LogP contribution in [0.4, 0.5) is 5.69 Å². The standard InChI is InChI=1S/C23H21ClN2O7S/c24-17-8-6-16(7-9-17)21(27)25-18-10-12-20(13-11-18)34(31,32)15-23(29,22(28)26-30)14-33-19-4-2-1-3-5-19/h1-13,29-30H,14-15H2,(H,25,27)(H,26,28). The van der Waals surface area contributed by atoms with Gasteiger partial charge in [-0.2, -0.15) is 0 Å². The maximum Gasteiger partial charge on any atom is 0.279 e. The Kier molecular flexibility index (Phi) is 7.90. The van der Waals surface area contributed by atoms with Crippen LogP contribution in [-0.4, -0.2) is 48.5 Å². The van der Waals surface area contributed by atoms with E-state index in [0.29, 0.717) is 22.0 Å². The first-order chi connectivity index (χ1) is 16.1. The first-order valence-electron chi connectivity index (χ1n) is 9.87. The fourth-order valence-electron chi connectivity index (χ4n) is 2.94. The Labute approximate surface area is 200 Å². The molecule has 0 aliphatic heterocycles. The van der Waals surface area contributed by atoms with Gasteiger partial charge in [-0.15, -0.1) is 0 Å². The quantitative estimate of drug-likeness (QED) is 0.259. The lowest BCUT2D eigenvalue weighted by Crippen LogP contribution is -2.54. The number of aliphatic hydroxyl groups is 1. The molecule has 4 N–H and O–H groups in total. The number of benzene rings is 3. The number of carbonyl (C=O) groups is 2. The predicted octanol–water partition coefficient (Wildman–Crippen LogP) is 2.68. The maximum atomic E-state index is 12.9. The molecule has 2 amide bonds. The summed E-state index contributed by atoms with van der Waals surface area (Å²) < 4.78 is 31.1. The minimum absolute atomic E-state index is 0.208. The van der Waals surface area contributed by atoms with E-state index >= 15 is 0 Å². The number of carbonyl (C=O) groups excluding carboxylic acids is 2. The summed E-state index contributed by atoms with van der Waals surface area (Å²) in [6.45, 7) is -0.724. The van der Waals surface area contributed by atoms with Gasteiger partial charge < -0.3 is 15.2 Å². The largest absolute Gasteiger partial charge is 0.490 e. The Balaban J connectivity index is 1.73. The average Bonchev–Trinajstić information content (AvgIpc) is 2.83. The molecule has 0 saturated carbocycles. The summed E-state index contributed by atoms with van der Waals surface area (Å²) in [6, 6.07) is 19.6. The van der Waals surface area contributed by atoms with Crippen LogP contribution in [0.2, 0.25) is 5.02 Å². The summed E-state index contributed by atoms with van der Waals surface area (Å²) in [7, 11) is -4.21. The van der Waals surface area contributed by atoms with Crippen molar-refractivity contribution >= 4 is 38.9 Å². The van der Waals surface area contributed by atoms with Crippen LogP contribution in [0.15, 0.2) is 83.8 Å². The summed E-state index contributed by atoms with van der Waals surface area (Å²) >= 11 is 5.81. The van der Waals surface area contributed by atoms with E-state index in [1.807, 2.05) is 0 Å². The van der Waals surface area contributed by atoms with Gasteiger partial charge in [-0.3, -0.25) is 14.8 Å². The molecule has 11 heteroatoms. The van der Waals surface area contributed by atoms with E-state index in [4.69, 9.17) is 21.5 Å². The van der Waals surface area contributed by atoms with E-state index < -0.39 is 39.6 Å². The molecule has 0 aliphatic rings. The van der Waals surface area contributed by atoms with Crippen LogP contribution in [-0.2, 0) is 14.6 Å². The van der Waals surface area contributed by atoms with Crippen LogP contribution in [0.5, 0.6) is 5.75 Å². The average molecular weight is 505 g/mol.